The van der Waals surface area contributed by atoms with Crippen LogP contribution in [0.25, 0.3) is 0 Å². The third-order valence-electron chi connectivity index (χ3n) is 0. The summed E-state index contributed by atoms with van der Waals surface area (Å²) in [7, 11) is 0. The van der Waals surface area contributed by atoms with Crippen LogP contribution in [0.5, 0.6) is 0 Å². The van der Waals surface area contributed by atoms with Crippen LogP contribution in [0.2, 0.25) is 0 Å². The topological polar surface area (TPSA) is 68.3 Å². The molecule has 0 fully saturated rings. The Morgan fingerprint density at radius 1 is 1.17 bits per heavy atom. The Bertz CT molecular complexity index is 61.5. The zero-order valence-corrected chi connectivity index (χ0v) is 7.95. The van der Waals surface area contributed by atoms with Gasteiger partial charge < -0.3 is 0 Å². The van der Waals surface area contributed by atoms with Crippen molar-refractivity contribution in [3.8, 4) is 0 Å². The minimum absolute atomic E-state index is 2.27. The molecule has 0 saturated heterocycles. The molecule has 0 aliphatic carbocycles. The SMILES string of the molecule is [O]=[Sn]=[O].[O]=[Zr]=[O]. The zero-order chi connectivity index (χ0) is 5.41. The van der Waals surface area contributed by atoms with Gasteiger partial charge in [-0.05, 0) is 0 Å². The number of hydrogen-bond donors (Lipinski definition) is 0. The molecule has 6 heteroatoms. The molecule has 4 nitrogen and oxygen atoms in total. The molecule has 0 heterocycles. The maximum atomic E-state index is 8.54. The molecule has 0 radical (unpaired) electrons. The van der Waals surface area contributed by atoms with Crippen LogP contribution in [0.1, 0.15) is 0 Å². The summed E-state index contributed by atoms with van der Waals surface area (Å²) in [4.78, 5) is 0. The van der Waals surface area contributed by atoms with Crippen molar-refractivity contribution in [2.45, 2.75) is 0 Å². The normalized spacial score (nSPS) is 2.67. The second-order valence-corrected chi connectivity index (χ2v) is 1.05. The summed E-state index contributed by atoms with van der Waals surface area (Å²) < 4.78 is 34.2. The summed E-state index contributed by atoms with van der Waals surface area (Å²) in [6, 6.07) is 0. The van der Waals surface area contributed by atoms with Crippen molar-refractivity contribution in [3.63, 3.8) is 0 Å². The number of rotatable bonds is 0. The Balaban J connectivity index is 0. The first kappa shape index (κ1) is 9.99. The molecule has 0 saturated carbocycles. The van der Waals surface area contributed by atoms with Crippen molar-refractivity contribution in [1.29, 1.82) is 0 Å². The molecular formula is O4SnZr. The molecule has 0 bridgehead atoms. The van der Waals surface area contributed by atoms with Crippen molar-refractivity contribution in [2.24, 2.45) is 0 Å². The van der Waals surface area contributed by atoms with Crippen molar-refractivity contribution in [2.75, 3.05) is 0 Å². The third kappa shape index (κ3) is 94.6. The Kier molecular flexibility index (Phi) is 28.1. The summed E-state index contributed by atoms with van der Waals surface area (Å²) >= 11 is -4.54. The molecule has 32 valence electrons. The van der Waals surface area contributed by atoms with Crippen LogP contribution in [-0.2, 0) is 35.0 Å². The van der Waals surface area contributed by atoms with Crippen LogP contribution in [0.4, 0.5) is 0 Å². The van der Waals surface area contributed by atoms with E-state index in [1.54, 1.807) is 0 Å². The molecular weight excluding hydrogens is 274 g/mol. The van der Waals surface area contributed by atoms with E-state index < -0.39 is 44.4 Å². The van der Waals surface area contributed by atoms with Gasteiger partial charge in [-0.2, -0.15) is 0 Å². The molecule has 0 aromatic rings. The zero-order valence-electron chi connectivity index (χ0n) is 2.63. The first-order valence-electron chi connectivity index (χ1n) is 0.816. The van der Waals surface area contributed by atoms with Gasteiger partial charge in [-0.15, -0.1) is 0 Å². The van der Waals surface area contributed by atoms with Gasteiger partial charge in [-0.1, -0.05) is 0 Å². The van der Waals surface area contributed by atoms with Gasteiger partial charge in [-0.25, -0.2) is 0 Å². The first-order chi connectivity index (χ1) is 2.83. The minimum atomic E-state index is -2.27. The van der Waals surface area contributed by atoms with Crippen molar-refractivity contribution < 1.29 is 35.0 Å². The fourth-order valence-electron chi connectivity index (χ4n) is 0. The van der Waals surface area contributed by atoms with E-state index in [-0.39, 0.29) is 0 Å². The molecule has 0 aliphatic heterocycles. The average molecular weight is 274 g/mol. The molecule has 0 amide bonds. The van der Waals surface area contributed by atoms with Gasteiger partial charge in [0.15, 0.2) is 0 Å². The quantitative estimate of drug-likeness (QED) is 0.539. The van der Waals surface area contributed by atoms with E-state index in [0.29, 0.717) is 0 Å². The van der Waals surface area contributed by atoms with Gasteiger partial charge in [0.1, 0.15) is 0 Å². The van der Waals surface area contributed by atoms with Gasteiger partial charge in [0.05, 0.1) is 0 Å². The average Bonchev–Trinajstić information content (AvgIpc) is 1.39. The van der Waals surface area contributed by atoms with Crippen LogP contribution in [0.3, 0.4) is 0 Å². The van der Waals surface area contributed by atoms with E-state index in [9.17, 15) is 0 Å². The van der Waals surface area contributed by atoms with E-state index in [1.165, 1.54) is 0 Å². The molecule has 0 aromatic heterocycles. The van der Waals surface area contributed by atoms with Gasteiger partial charge in [0, 0.05) is 0 Å². The Morgan fingerprint density at radius 3 is 1.17 bits per heavy atom. The van der Waals surface area contributed by atoms with Gasteiger partial charge in [0.2, 0.25) is 0 Å². The van der Waals surface area contributed by atoms with Crippen molar-refractivity contribution >= 4 is 21.1 Å². The first-order valence-corrected chi connectivity index (χ1v) is 5.15. The Hall–Kier alpha value is 0.882. The Morgan fingerprint density at radius 2 is 1.17 bits per heavy atom. The van der Waals surface area contributed by atoms with E-state index in [0.717, 1.165) is 0 Å². The molecule has 0 rings (SSSR count). The standard InChI is InChI=1S/4O.Sn.Zr. The summed E-state index contributed by atoms with van der Waals surface area (Å²) in [5.74, 6) is 0. The van der Waals surface area contributed by atoms with E-state index in [2.05, 4.69) is 0 Å². The fourth-order valence-corrected chi connectivity index (χ4v) is 0. The summed E-state index contributed by atoms with van der Waals surface area (Å²) in [6.07, 6.45) is 0. The second-order valence-electron chi connectivity index (χ2n) is 0.167. The second kappa shape index (κ2) is 16.9. The maximum absolute atomic E-state index is 8.54. The molecule has 0 atom stereocenters. The molecule has 0 unspecified atom stereocenters. The molecule has 6 heavy (non-hydrogen) atoms. The van der Waals surface area contributed by atoms with Crippen LogP contribution < -0.4 is 0 Å². The fraction of sp³-hybridized carbons (Fsp3) is 0. The van der Waals surface area contributed by atoms with Crippen LogP contribution in [-0.4, -0.2) is 21.1 Å². The molecule has 0 N–H and O–H groups in total. The van der Waals surface area contributed by atoms with Crippen LogP contribution in [0.15, 0.2) is 0 Å². The molecule has 0 aliphatic rings. The molecule has 0 spiro atoms. The van der Waals surface area contributed by atoms with Crippen LogP contribution in [0, 0.1) is 0 Å². The van der Waals surface area contributed by atoms with Crippen molar-refractivity contribution in [1.82, 2.24) is 0 Å². The predicted octanol–water partition coefficient (Wildman–Crippen LogP) is -0.859. The van der Waals surface area contributed by atoms with E-state index in [1.807, 2.05) is 0 Å². The van der Waals surface area contributed by atoms with Gasteiger partial charge >= 0.3 is 56.1 Å². The van der Waals surface area contributed by atoms with E-state index in [4.69, 9.17) is 11.8 Å². The van der Waals surface area contributed by atoms with Crippen LogP contribution >= 0.6 is 0 Å². The van der Waals surface area contributed by atoms with Gasteiger partial charge in [0.25, 0.3) is 0 Å². The summed E-state index contributed by atoms with van der Waals surface area (Å²) in [5.41, 5.74) is 0. The predicted molar refractivity (Wildman–Crippen MR) is 8.50 cm³/mol. The summed E-state index contributed by atoms with van der Waals surface area (Å²) in [6.45, 7) is 0. The van der Waals surface area contributed by atoms with Crippen molar-refractivity contribution in [3.05, 3.63) is 0 Å². The molecule has 0 aromatic carbocycles. The monoisotopic (exact) mass is 274 g/mol. The van der Waals surface area contributed by atoms with E-state index >= 15 is 0 Å². The summed E-state index contributed by atoms with van der Waals surface area (Å²) in [5, 5.41) is 0. The van der Waals surface area contributed by atoms with Gasteiger partial charge in [-0.3, -0.25) is 0 Å². The third-order valence-corrected chi connectivity index (χ3v) is 0. The number of hydrogen-bond acceptors (Lipinski definition) is 4. The Labute approximate surface area is 55.7 Å².